The van der Waals surface area contributed by atoms with E-state index in [9.17, 15) is 24.8 Å². The molecule has 0 spiro atoms. The molecule has 2 atom stereocenters. The van der Waals surface area contributed by atoms with Crippen LogP contribution in [0.25, 0.3) is 0 Å². The molecule has 0 aliphatic carbocycles. The fourth-order valence-electron chi connectivity index (χ4n) is 2.85. The topological polar surface area (TPSA) is 134 Å². The van der Waals surface area contributed by atoms with Crippen molar-refractivity contribution >= 4 is 35.6 Å². The zero-order chi connectivity index (χ0) is 18.0. The van der Waals surface area contributed by atoms with E-state index in [4.69, 9.17) is 4.74 Å². The minimum absolute atomic E-state index is 0. The molecule has 142 valence electrons. The summed E-state index contributed by atoms with van der Waals surface area (Å²) in [7, 11) is 0. The Morgan fingerprint density at radius 3 is 2.88 bits per heavy atom. The monoisotopic (exact) mass is 386 g/mol. The number of carbonyl (C=O) groups is 2. The van der Waals surface area contributed by atoms with Crippen LogP contribution in [0.15, 0.2) is 18.2 Å². The van der Waals surface area contributed by atoms with E-state index in [0.29, 0.717) is 18.8 Å². The number of amides is 2. The molecule has 1 saturated heterocycles. The highest BCUT2D eigenvalue weighted by molar-refractivity contribution is 6.02. The van der Waals surface area contributed by atoms with E-state index in [1.807, 2.05) is 0 Å². The van der Waals surface area contributed by atoms with Gasteiger partial charge in [0.25, 0.3) is 11.6 Å². The number of nitrogens with zero attached hydrogens (tertiary/aromatic N) is 2. The molecule has 10 nitrogen and oxygen atoms in total. The van der Waals surface area contributed by atoms with Gasteiger partial charge in [-0.2, -0.15) is 0 Å². The lowest BCUT2D eigenvalue weighted by Crippen LogP contribution is -2.46. The molecule has 1 fully saturated rings. The van der Waals surface area contributed by atoms with Crippen molar-refractivity contribution in [3.63, 3.8) is 0 Å². The maximum Gasteiger partial charge on any atom is 0.271 e. The zero-order valence-corrected chi connectivity index (χ0v) is 14.5. The Hall–Kier alpha value is -2.43. The summed E-state index contributed by atoms with van der Waals surface area (Å²) in [5.74, 6) is -0.636. The molecule has 2 amide bonds. The van der Waals surface area contributed by atoms with Crippen LogP contribution >= 0.6 is 12.4 Å². The third kappa shape index (κ3) is 4.21. The second kappa shape index (κ2) is 8.30. The SMILES string of the molecule is Cl.O=C(CN1C(=O)COc2ccc([N+](=O)[O-])cc21)NCC1CNCC1O. The average Bonchev–Trinajstić information content (AvgIpc) is 3.00. The van der Waals surface area contributed by atoms with Gasteiger partial charge in [-0.15, -0.1) is 12.4 Å². The van der Waals surface area contributed by atoms with E-state index in [2.05, 4.69) is 10.6 Å². The Balaban J connectivity index is 0.00000243. The highest BCUT2D eigenvalue weighted by atomic mass is 35.5. The molecule has 0 bridgehead atoms. The molecule has 0 radical (unpaired) electrons. The zero-order valence-electron chi connectivity index (χ0n) is 13.7. The number of nitrogens with one attached hydrogen (secondary N) is 2. The van der Waals surface area contributed by atoms with Crippen LogP contribution in [0.2, 0.25) is 0 Å². The number of hydrogen-bond acceptors (Lipinski definition) is 7. The Morgan fingerprint density at radius 2 is 2.23 bits per heavy atom. The summed E-state index contributed by atoms with van der Waals surface area (Å²) in [4.78, 5) is 35.8. The number of aliphatic hydroxyl groups excluding tert-OH is 1. The van der Waals surface area contributed by atoms with Crippen molar-refractivity contribution in [2.75, 3.05) is 37.7 Å². The summed E-state index contributed by atoms with van der Waals surface area (Å²) < 4.78 is 5.25. The normalized spacial score (nSPS) is 21.4. The van der Waals surface area contributed by atoms with Crippen molar-refractivity contribution in [2.24, 2.45) is 5.92 Å². The molecule has 1 aromatic rings. The molecule has 3 N–H and O–H groups in total. The Kier molecular flexibility index (Phi) is 6.35. The summed E-state index contributed by atoms with van der Waals surface area (Å²) in [6.07, 6.45) is -0.520. The van der Waals surface area contributed by atoms with E-state index in [-0.39, 0.29) is 49.4 Å². The van der Waals surface area contributed by atoms with E-state index in [0.717, 1.165) is 0 Å². The van der Waals surface area contributed by atoms with E-state index >= 15 is 0 Å². The van der Waals surface area contributed by atoms with Gasteiger partial charge < -0.3 is 20.5 Å². The summed E-state index contributed by atoms with van der Waals surface area (Å²) in [5.41, 5.74) is 0.00535. The van der Waals surface area contributed by atoms with Gasteiger partial charge in [-0.25, -0.2) is 0 Å². The van der Waals surface area contributed by atoms with Crippen molar-refractivity contribution in [3.05, 3.63) is 28.3 Å². The molecule has 3 rings (SSSR count). The predicted octanol–water partition coefficient (Wildman–Crippen LogP) is -0.561. The molecule has 26 heavy (non-hydrogen) atoms. The van der Waals surface area contributed by atoms with Crippen LogP contribution < -0.4 is 20.3 Å². The van der Waals surface area contributed by atoms with Gasteiger partial charge >= 0.3 is 0 Å². The van der Waals surface area contributed by atoms with Gasteiger partial charge in [0.2, 0.25) is 5.91 Å². The van der Waals surface area contributed by atoms with Crippen LogP contribution in [0.4, 0.5) is 11.4 Å². The maximum absolute atomic E-state index is 12.2. The first-order valence-electron chi connectivity index (χ1n) is 7.83. The summed E-state index contributed by atoms with van der Waals surface area (Å²) in [6.45, 7) is 0.871. The summed E-state index contributed by atoms with van der Waals surface area (Å²) in [6, 6.07) is 3.90. The Labute approximate surface area is 155 Å². The second-order valence-corrected chi connectivity index (χ2v) is 5.97. The first kappa shape index (κ1) is 19.9. The molecule has 1 aromatic carbocycles. The van der Waals surface area contributed by atoms with Crippen LogP contribution in [-0.4, -0.2) is 60.7 Å². The minimum atomic E-state index is -0.577. The maximum atomic E-state index is 12.2. The first-order valence-corrected chi connectivity index (χ1v) is 7.83. The molecule has 2 aliphatic heterocycles. The lowest BCUT2D eigenvalue weighted by Gasteiger charge is -2.28. The van der Waals surface area contributed by atoms with Crippen molar-refractivity contribution < 1.29 is 24.4 Å². The highest BCUT2D eigenvalue weighted by Crippen LogP contribution is 2.35. The molecule has 2 aliphatic rings. The molecule has 11 heteroatoms. The number of hydrogen-bond donors (Lipinski definition) is 3. The average molecular weight is 387 g/mol. The predicted molar refractivity (Wildman–Crippen MR) is 93.6 cm³/mol. The van der Waals surface area contributed by atoms with Gasteiger partial charge in [0.15, 0.2) is 6.61 Å². The van der Waals surface area contributed by atoms with Crippen molar-refractivity contribution in [1.82, 2.24) is 10.6 Å². The molecule has 0 aromatic heterocycles. The smallest absolute Gasteiger partial charge is 0.271 e. The highest BCUT2D eigenvalue weighted by Gasteiger charge is 2.30. The van der Waals surface area contributed by atoms with Crippen molar-refractivity contribution in [3.8, 4) is 5.75 Å². The van der Waals surface area contributed by atoms with Gasteiger partial charge in [0.05, 0.1) is 16.7 Å². The second-order valence-electron chi connectivity index (χ2n) is 5.97. The number of anilines is 1. The van der Waals surface area contributed by atoms with Gasteiger partial charge in [0.1, 0.15) is 12.3 Å². The number of β-amino-alcohol motifs (C(OH)–C–C–N with tert-alkyl or cyclic N) is 1. The lowest BCUT2D eigenvalue weighted by atomic mass is 10.1. The standard InChI is InChI=1S/C15H18N4O6.ClH/c20-12-6-16-4-9(12)5-17-14(21)7-18-11-3-10(19(23)24)1-2-13(11)25-8-15(18)22;/h1-3,9,12,16,20H,4-8H2,(H,17,21);1H. The van der Waals surface area contributed by atoms with Crippen LogP contribution in [-0.2, 0) is 9.59 Å². The van der Waals surface area contributed by atoms with Gasteiger partial charge in [0, 0.05) is 37.7 Å². The fraction of sp³-hybridized carbons (Fsp3) is 0.467. The Bertz CT molecular complexity index is 715. The molecular formula is C15H19ClN4O6. The van der Waals surface area contributed by atoms with Crippen LogP contribution in [0.3, 0.4) is 0 Å². The first-order chi connectivity index (χ1) is 12.0. The molecule has 0 saturated carbocycles. The van der Waals surface area contributed by atoms with Gasteiger partial charge in [-0.05, 0) is 6.07 Å². The summed E-state index contributed by atoms with van der Waals surface area (Å²) >= 11 is 0. The van der Waals surface area contributed by atoms with E-state index in [1.54, 1.807) is 0 Å². The number of aliphatic hydroxyl groups is 1. The van der Waals surface area contributed by atoms with Crippen molar-refractivity contribution in [1.29, 1.82) is 0 Å². The van der Waals surface area contributed by atoms with Gasteiger partial charge in [-0.3, -0.25) is 24.6 Å². The number of nitro groups is 1. The number of rotatable bonds is 5. The molecular weight excluding hydrogens is 368 g/mol. The molecule has 2 heterocycles. The lowest BCUT2D eigenvalue weighted by molar-refractivity contribution is -0.384. The van der Waals surface area contributed by atoms with Crippen molar-refractivity contribution in [2.45, 2.75) is 6.10 Å². The number of carbonyl (C=O) groups excluding carboxylic acids is 2. The number of ether oxygens (including phenoxy) is 1. The quantitative estimate of drug-likeness (QED) is 0.456. The summed E-state index contributed by atoms with van der Waals surface area (Å²) in [5, 5.41) is 26.4. The number of benzene rings is 1. The van der Waals surface area contributed by atoms with Crippen LogP contribution in [0, 0.1) is 16.0 Å². The van der Waals surface area contributed by atoms with Crippen LogP contribution in [0.1, 0.15) is 0 Å². The van der Waals surface area contributed by atoms with Gasteiger partial charge in [-0.1, -0.05) is 0 Å². The molecule has 2 unspecified atom stereocenters. The number of non-ortho nitro benzene ring substituents is 1. The minimum Gasteiger partial charge on any atom is -0.482 e. The number of halogens is 1. The fourth-order valence-corrected chi connectivity index (χ4v) is 2.85. The number of nitro benzene ring substituents is 1. The largest absolute Gasteiger partial charge is 0.482 e. The third-order valence-electron chi connectivity index (χ3n) is 4.26. The Morgan fingerprint density at radius 1 is 1.46 bits per heavy atom. The number of fused-ring (bicyclic) bond motifs is 1. The third-order valence-corrected chi connectivity index (χ3v) is 4.26. The van der Waals surface area contributed by atoms with Crippen LogP contribution in [0.5, 0.6) is 5.75 Å². The van der Waals surface area contributed by atoms with E-state index < -0.39 is 22.8 Å². The van der Waals surface area contributed by atoms with E-state index in [1.165, 1.54) is 23.1 Å².